The molecular weight excluding hydrogens is 1790 g/mol. The number of carbonyl (C=O) groups is 4. The van der Waals surface area contributed by atoms with Crippen molar-refractivity contribution < 1.29 is 38.1 Å². The van der Waals surface area contributed by atoms with Crippen molar-refractivity contribution in [2.75, 3.05) is 40.9 Å². The number of benzene rings is 12. The van der Waals surface area contributed by atoms with E-state index in [2.05, 4.69) is 41.2 Å². The van der Waals surface area contributed by atoms with Crippen LogP contribution < -0.4 is 59.8 Å². The minimum atomic E-state index is -0.105. The fourth-order valence-corrected chi connectivity index (χ4v) is 14.1. The van der Waals surface area contributed by atoms with E-state index in [1.165, 1.54) is 0 Å². The molecule has 4 aliphatic rings. The van der Waals surface area contributed by atoms with Gasteiger partial charge in [0.25, 0.3) is 23.6 Å². The van der Waals surface area contributed by atoms with Crippen LogP contribution >= 0.6 is 0 Å². The summed E-state index contributed by atoms with van der Waals surface area (Å²) < 4.78 is 23.8. The number of carbonyl (C=O) groups excluding carboxylic acids is 4. The summed E-state index contributed by atoms with van der Waals surface area (Å²) in [4.78, 5) is 78.9. The van der Waals surface area contributed by atoms with Crippen LogP contribution in [0.4, 0.5) is 68.5 Å². The van der Waals surface area contributed by atoms with Crippen molar-refractivity contribution >= 4 is 92.1 Å². The maximum Gasteiger partial charge on any atom is 0.260 e. The molecule has 4 amide bonds. The van der Waals surface area contributed by atoms with E-state index in [0.717, 1.165) is 90.8 Å². The van der Waals surface area contributed by atoms with Gasteiger partial charge in [0.1, 0.15) is 46.0 Å². The smallest absolute Gasteiger partial charge is 0.260 e. The van der Waals surface area contributed by atoms with E-state index in [1.807, 2.05) is 494 Å². The zero-order valence-corrected chi connectivity index (χ0v) is 88.6. The number of rotatable bonds is 16. The summed E-state index contributed by atoms with van der Waals surface area (Å²) in [6.45, 7) is 49.8. The van der Waals surface area contributed by atoms with Gasteiger partial charge >= 0.3 is 0 Å². The van der Waals surface area contributed by atoms with E-state index in [9.17, 15) is 19.2 Å². The number of hydrogen-bond donors (Lipinski definition) is 4. The van der Waals surface area contributed by atoms with Crippen LogP contribution in [0.15, 0.2) is 389 Å². The quantitative estimate of drug-likeness (QED) is 0.0707. The van der Waals surface area contributed by atoms with E-state index in [0.29, 0.717) is 94.4 Å². The first-order valence-corrected chi connectivity index (χ1v) is 50.9. The fraction of sp³-hybridized carbons (Fsp3) is 0.226. The third kappa shape index (κ3) is 33.9. The Morgan fingerprint density at radius 3 is 0.639 bits per heavy atom. The van der Waals surface area contributed by atoms with Gasteiger partial charge < -0.3 is 59.8 Å². The molecule has 0 saturated carbocycles. The van der Waals surface area contributed by atoms with Gasteiger partial charge in [-0.1, -0.05) is 360 Å². The zero-order chi connectivity index (χ0) is 105. The maximum atomic E-state index is 13.6. The van der Waals surface area contributed by atoms with Crippen molar-refractivity contribution in [3.8, 4) is 46.0 Å². The van der Waals surface area contributed by atoms with Gasteiger partial charge in [-0.15, -0.1) is 0 Å². The Hall–Kier alpha value is -16.5. The average Bonchev–Trinajstić information content (AvgIpc) is 1.66. The Morgan fingerprint density at radius 2 is 0.410 bits per heavy atom. The molecule has 4 N–H and O–H groups in total. The minimum absolute atomic E-state index is 0.0928. The van der Waals surface area contributed by atoms with Gasteiger partial charge in [0.05, 0.1) is 118 Å². The summed E-state index contributed by atoms with van der Waals surface area (Å²) in [6.07, 6.45) is 10.3. The number of aromatic nitrogens is 4. The highest BCUT2D eigenvalue weighted by atomic mass is 16.5. The summed E-state index contributed by atoms with van der Waals surface area (Å²) >= 11 is 0. The Labute approximate surface area is 857 Å². The monoisotopic (exact) mass is 1930 g/mol. The molecule has 4 aromatic heterocycles. The molecule has 12 aromatic carbocycles. The van der Waals surface area contributed by atoms with Gasteiger partial charge in [-0.2, -0.15) is 0 Å². The number of hydrogen-bond acceptors (Lipinski definition) is 16. The third-order valence-corrected chi connectivity index (χ3v) is 19.9. The van der Waals surface area contributed by atoms with Crippen LogP contribution in [0.1, 0.15) is 230 Å². The number of amides is 4. The molecule has 0 fully saturated rings. The molecule has 0 radical (unpaired) electrons. The van der Waals surface area contributed by atoms with Crippen molar-refractivity contribution in [2.24, 2.45) is 0 Å². The molecule has 20 heteroatoms. The first kappa shape index (κ1) is 118. The number of fused-ring (bicyclic) bond motifs is 8. The highest BCUT2D eigenvalue weighted by Crippen LogP contribution is 2.44. The molecule has 16 aromatic rings. The van der Waals surface area contributed by atoms with Crippen LogP contribution in [0.3, 0.4) is 0 Å². The molecule has 752 valence electrons. The van der Waals surface area contributed by atoms with E-state index in [1.54, 1.807) is 81.0 Å². The maximum absolute atomic E-state index is 13.6. The number of nitrogens with zero attached hydrogens (tertiary/aromatic N) is 8. The predicted octanol–water partition coefficient (Wildman–Crippen LogP) is 35.4. The summed E-state index contributed by atoms with van der Waals surface area (Å²) in [6, 6.07) is 111. The van der Waals surface area contributed by atoms with Gasteiger partial charge in [-0.25, -0.2) is 9.97 Å². The summed E-state index contributed by atoms with van der Waals surface area (Å²) in [5.74, 6) is 6.22. The SMILES string of the molecule is CC.CC.CC.CC.CC.CC.CC.CC.CC.CC.CC.CC.O=C1c2cc(Oc3ccccc3)ccc2Nc2cnccc2N1Cc1ccccc1.O=C1c2cc(Oc3ccccc3)ccc2Nc2cnccc2N1Cc1ccccc1.O=C1c2cc(Oc3ccccc3)ccc2Nc2ncccc2N1Cc1ccccc1.O=C1c2cc(Oc3ccccc3)ccc2Nc2ncccc2N1Cc1ccccc1. The molecule has 0 unspecified atom stereocenters. The van der Waals surface area contributed by atoms with Crippen LogP contribution in [-0.4, -0.2) is 43.6 Å². The molecule has 20 rings (SSSR count). The second-order valence-electron chi connectivity index (χ2n) is 28.0. The second kappa shape index (κ2) is 67.8. The zero-order valence-electron chi connectivity index (χ0n) is 88.6. The van der Waals surface area contributed by atoms with Gasteiger partial charge in [-0.05, 0) is 180 Å². The number of para-hydroxylation sites is 4. The summed E-state index contributed by atoms with van der Waals surface area (Å²) in [5.41, 5.74) is 13.9. The van der Waals surface area contributed by atoms with E-state index in [-0.39, 0.29) is 23.6 Å². The van der Waals surface area contributed by atoms with E-state index in [4.69, 9.17) is 18.9 Å². The van der Waals surface area contributed by atoms with Gasteiger partial charge in [-0.3, -0.25) is 29.1 Å². The van der Waals surface area contributed by atoms with Gasteiger partial charge in [0.15, 0.2) is 11.6 Å². The lowest BCUT2D eigenvalue weighted by atomic mass is 10.1. The molecule has 20 nitrogen and oxygen atoms in total. The Morgan fingerprint density at radius 1 is 0.201 bits per heavy atom. The number of nitrogens with one attached hydrogen (secondary N) is 4. The topological polar surface area (TPSA) is 218 Å². The summed E-state index contributed by atoms with van der Waals surface area (Å²) in [5, 5.41) is 13.3. The first-order valence-electron chi connectivity index (χ1n) is 50.9. The largest absolute Gasteiger partial charge is 0.457 e. The first-order chi connectivity index (χ1) is 71.1. The lowest BCUT2D eigenvalue weighted by Crippen LogP contribution is -2.29. The third-order valence-electron chi connectivity index (χ3n) is 19.9. The van der Waals surface area contributed by atoms with E-state index >= 15 is 0 Å². The molecule has 0 aliphatic carbocycles. The predicted molar refractivity (Wildman–Crippen MR) is 606 cm³/mol. The highest BCUT2D eigenvalue weighted by Gasteiger charge is 2.33. The molecule has 0 atom stereocenters. The van der Waals surface area contributed by atoms with Crippen LogP contribution in [0.2, 0.25) is 0 Å². The van der Waals surface area contributed by atoms with E-state index < -0.39 is 0 Å². The molecule has 0 bridgehead atoms. The highest BCUT2D eigenvalue weighted by molar-refractivity contribution is 6.16. The minimum Gasteiger partial charge on any atom is -0.457 e. The number of anilines is 12. The Balaban J connectivity index is 0.000000315. The van der Waals surface area contributed by atoms with Crippen LogP contribution in [0.25, 0.3) is 0 Å². The Bertz CT molecular complexity index is 5550. The standard InChI is InChI=1S/4C25H19N3O2.12C2H6/c2*29-25-21-16-20(30-19-10-5-2-6-11-19)13-14-22(21)27-24-23(12-7-15-26-24)28(25)17-18-8-3-1-4-9-18;2*29-25-21-15-20(30-19-9-5-2-6-10-19)11-12-22(21)27-23-16-26-14-13-24(23)28(25)17-18-7-3-1-4-8-18;12*1-2/h2*1-16H,17H2,(H,26,27);2*1-16,27H,17H2;12*1-2H3. The van der Waals surface area contributed by atoms with Crippen LogP contribution in [-0.2, 0) is 26.2 Å². The lowest BCUT2D eigenvalue weighted by Gasteiger charge is -2.22. The molecule has 4 aliphatic heterocycles. The Kier molecular flexibility index (Phi) is 55.5. The van der Waals surface area contributed by atoms with Crippen molar-refractivity contribution in [1.82, 2.24) is 19.9 Å². The molecular formula is C124H148N12O8. The molecule has 0 spiro atoms. The van der Waals surface area contributed by atoms with Gasteiger partial charge in [0, 0.05) is 24.8 Å². The molecule has 0 saturated heterocycles. The fourth-order valence-electron chi connectivity index (χ4n) is 14.1. The second-order valence-corrected chi connectivity index (χ2v) is 28.0. The normalized spacial score (nSPS) is 10.8. The lowest BCUT2D eigenvalue weighted by molar-refractivity contribution is 0.0978. The molecule has 144 heavy (non-hydrogen) atoms. The average molecular weight is 1930 g/mol. The van der Waals surface area contributed by atoms with Crippen molar-refractivity contribution in [1.29, 1.82) is 0 Å². The van der Waals surface area contributed by atoms with Crippen molar-refractivity contribution in [3.05, 3.63) is 434 Å². The summed E-state index contributed by atoms with van der Waals surface area (Å²) in [7, 11) is 0. The number of ether oxygens (including phenoxy) is 4. The molecule has 8 heterocycles. The van der Waals surface area contributed by atoms with Crippen LogP contribution in [0, 0.1) is 0 Å². The van der Waals surface area contributed by atoms with Crippen molar-refractivity contribution in [3.63, 3.8) is 0 Å². The number of pyridine rings is 4. The van der Waals surface area contributed by atoms with Crippen LogP contribution in [0.5, 0.6) is 46.0 Å². The van der Waals surface area contributed by atoms with Gasteiger partial charge in [0.2, 0.25) is 0 Å². The van der Waals surface area contributed by atoms with Crippen molar-refractivity contribution in [2.45, 2.75) is 192 Å².